The van der Waals surface area contributed by atoms with Crippen molar-refractivity contribution in [3.63, 3.8) is 0 Å². The summed E-state index contributed by atoms with van der Waals surface area (Å²) in [5.41, 5.74) is -0.767. The van der Waals surface area contributed by atoms with E-state index in [-0.39, 0.29) is 11.3 Å². The zero-order chi connectivity index (χ0) is 17.1. The number of benzene rings is 2. The summed E-state index contributed by atoms with van der Waals surface area (Å²) in [5.74, 6) is 0.534. The van der Waals surface area contributed by atoms with Gasteiger partial charge in [0, 0.05) is 5.39 Å². The lowest BCUT2D eigenvalue weighted by Crippen LogP contribution is -2.11. The van der Waals surface area contributed by atoms with Gasteiger partial charge in [-0.2, -0.15) is 0 Å². The third-order valence-electron chi connectivity index (χ3n) is 3.42. The van der Waals surface area contributed by atoms with E-state index in [1.54, 1.807) is 48.5 Å². The van der Waals surface area contributed by atoms with Gasteiger partial charge in [0.25, 0.3) is 0 Å². The molecule has 1 aromatic heterocycles. The van der Waals surface area contributed by atoms with E-state index in [2.05, 4.69) is 5.32 Å². The quantitative estimate of drug-likeness (QED) is 0.435. The van der Waals surface area contributed by atoms with Crippen LogP contribution in [0.1, 0.15) is 6.92 Å². The van der Waals surface area contributed by atoms with Gasteiger partial charge in [-0.15, -0.1) is 0 Å². The van der Waals surface area contributed by atoms with E-state index in [0.29, 0.717) is 23.4 Å². The van der Waals surface area contributed by atoms with Gasteiger partial charge in [0.15, 0.2) is 0 Å². The molecule has 1 heterocycles. The smallest absolute Gasteiger partial charge is 0.417 e. The second kappa shape index (κ2) is 6.41. The number of hydrogen-bond acceptors (Lipinski definition) is 6. The molecule has 3 aromatic rings. The molecule has 122 valence electrons. The molecule has 0 aliphatic carbocycles. The maximum absolute atomic E-state index is 12.0. The summed E-state index contributed by atoms with van der Waals surface area (Å²) in [5, 5.41) is 14.8. The van der Waals surface area contributed by atoms with Crippen molar-refractivity contribution in [3.05, 3.63) is 69.1 Å². The highest BCUT2D eigenvalue weighted by molar-refractivity contribution is 5.96. The number of para-hydroxylation sites is 3. The fraction of sp³-hybridized carbons (Fsp3) is 0.118. The highest BCUT2D eigenvalue weighted by Gasteiger charge is 2.25. The number of nitrogens with zero attached hydrogens (tertiary/aromatic N) is 1. The fourth-order valence-electron chi connectivity index (χ4n) is 2.42. The van der Waals surface area contributed by atoms with Crippen LogP contribution >= 0.6 is 0 Å². The van der Waals surface area contributed by atoms with Gasteiger partial charge in [0.1, 0.15) is 17.0 Å². The van der Waals surface area contributed by atoms with Crippen molar-refractivity contribution in [2.24, 2.45) is 0 Å². The molecule has 0 saturated heterocycles. The molecule has 24 heavy (non-hydrogen) atoms. The molecule has 1 N–H and O–H groups in total. The Bertz CT molecular complexity index is 965. The molecule has 7 nitrogen and oxygen atoms in total. The minimum Gasteiger partial charge on any atom is -0.492 e. The first-order valence-corrected chi connectivity index (χ1v) is 7.31. The van der Waals surface area contributed by atoms with Crippen LogP contribution in [-0.4, -0.2) is 11.5 Å². The molecular formula is C17H14N2O5. The molecule has 0 fully saturated rings. The zero-order valence-electron chi connectivity index (χ0n) is 12.8. The van der Waals surface area contributed by atoms with Crippen LogP contribution in [-0.2, 0) is 0 Å². The van der Waals surface area contributed by atoms with Crippen LogP contribution in [0.25, 0.3) is 11.0 Å². The standard InChI is InChI=1S/C17H14N2O5/c1-2-23-14-10-6-4-8-12(14)18-15-11-7-3-5-9-13(11)24-17(20)16(15)19(21)22/h3-10,18H,2H2,1H3. The summed E-state index contributed by atoms with van der Waals surface area (Å²) in [4.78, 5) is 22.6. The molecule has 3 rings (SSSR count). The number of anilines is 2. The number of nitrogens with one attached hydrogen (secondary N) is 1. The molecule has 0 spiro atoms. The maximum atomic E-state index is 12.0. The average Bonchev–Trinajstić information content (AvgIpc) is 2.56. The van der Waals surface area contributed by atoms with E-state index in [9.17, 15) is 14.9 Å². The Labute approximate surface area is 136 Å². The normalized spacial score (nSPS) is 10.5. The first kappa shape index (κ1) is 15.5. The lowest BCUT2D eigenvalue weighted by molar-refractivity contribution is -0.386. The number of fused-ring (bicyclic) bond motifs is 1. The Balaban J connectivity index is 2.23. The summed E-state index contributed by atoms with van der Waals surface area (Å²) in [6, 6.07) is 13.7. The summed E-state index contributed by atoms with van der Waals surface area (Å²) in [6.07, 6.45) is 0. The number of ether oxygens (including phenoxy) is 1. The van der Waals surface area contributed by atoms with Crippen LogP contribution in [0.5, 0.6) is 5.75 Å². The summed E-state index contributed by atoms with van der Waals surface area (Å²) in [7, 11) is 0. The minimum absolute atomic E-state index is 0.0824. The highest BCUT2D eigenvalue weighted by Crippen LogP contribution is 2.35. The van der Waals surface area contributed by atoms with Gasteiger partial charge in [-0.05, 0) is 31.2 Å². The summed E-state index contributed by atoms with van der Waals surface area (Å²) in [6.45, 7) is 2.28. The van der Waals surface area contributed by atoms with Gasteiger partial charge in [0.2, 0.25) is 0 Å². The van der Waals surface area contributed by atoms with Crippen LogP contribution in [0.2, 0.25) is 0 Å². The number of nitro groups is 1. The van der Waals surface area contributed by atoms with Gasteiger partial charge in [0.05, 0.1) is 17.2 Å². The molecule has 0 atom stereocenters. The molecule has 7 heteroatoms. The second-order valence-electron chi connectivity index (χ2n) is 4.92. The van der Waals surface area contributed by atoms with Crippen molar-refractivity contribution in [2.45, 2.75) is 6.92 Å². The SMILES string of the molecule is CCOc1ccccc1Nc1c([N+](=O)[O-])c(=O)oc2ccccc12. The van der Waals surface area contributed by atoms with E-state index < -0.39 is 16.2 Å². The monoisotopic (exact) mass is 326 g/mol. The van der Waals surface area contributed by atoms with Crippen LogP contribution in [0.3, 0.4) is 0 Å². The largest absolute Gasteiger partial charge is 0.492 e. The average molecular weight is 326 g/mol. The van der Waals surface area contributed by atoms with Gasteiger partial charge in [-0.3, -0.25) is 10.1 Å². The molecule has 0 radical (unpaired) electrons. The number of rotatable bonds is 5. The molecule has 0 unspecified atom stereocenters. The minimum atomic E-state index is -1.00. The lowest BCUT2D eigenvalue weighted by atomic mass is 10.1. The predicted molar refractivity (Wildman–Crippen MR) is 90.0 cm³/mol. The van der Waals surface area contributed by atoms with Crippen molar-refractivity contribution < 1.29 is 14.1 Å². The molecule has 0 aliphatic heterocycles. The highest BCUT2D eigenvalue weighted by atomic mass is 16.6. The predicted octanol–water partition coefficient (Wildman–Crippen LogP) is 3.84. The van der Waals surface area contributed by atoms with Crippen LogP contribution in [0, 0.1) is 10.1 Å². The van der Waals surface area contributed by atoms with Crippen LogP contribution in [0.15, 0.2) is 57.7 Å². The second-order valence-corrected chi connectivity index (χ2v) is 4.92. The van der Waals surface area contributed by atoms with Crippen molar-refractivity contribution in [1.29, 1.82) is 0 Å². The molecule has 2 aromatic carbocycles. The topological polar surface area (TPSA) is 94.6 Å². The maximum Gasteiger partial charge on any atom is 0.417 e. The van der Waals surface area contributed by atoms with E-state index in [0.717, 1.165) is 0 Å². The Morgan fingerprint density at radius 2 is 1.88 bits per heavy atom. The molecular weight excluding hydrogens is 312 g/mol. The van der Waals surface area contributed by atoms with Crippen LogP contribution < -0.4 is 15.7 Å². The molecule has 0 aliphatic rings. The number of hydrogen-bond donors (Lipinski definition) is 1. The summed E-state index contributed by atoms with van der Waals surface area (Å²) < 4.78 is 10.6. The van der Waals surface area contributed by atoms with E-state index >= 15 is 0 Å². The summed E-state index contributed by atoms with van der Waals surface area (Å²) >= 11 is 0. The fourth-order valence-corrected chi connectivity index (χ4v) is 2.42. The van der Waals surface area contributed by atoms with Crippen molar-refractivity contribution in [1.82, 2.24) is 0 Å². The first-order valence-electron chi connectivity index (χ1n) is 7.31. The van der Waals surface area contributed by atoms with Crippen molar-refractivity contribution in [2.75, 3.05) is 11.9 Å². The molecule has 0 saturated carbocycles. The Morgan fingerprint density at radius 1 is 1.17 bits per heavy atom. The molecule has 0 bridgehead atoms. The first-order chi connectivity index (χ1) is 11.6. The Kier molecular flexibility index (Phi) is 4.15. The Morgan fingerprint density at radius 3 is 2.62 bits per heavy atom. The van der Waals surface area contributed by atoms with Crippen molar-refractivity contribution in [3.8, 4) is 5.75 Å². The van der Waals surface area contributed by atoms with Gasteiger partial charge < -0.3 is 14.5 Å². The molecule has 0 amide bonds. The van der Waals surface area contributed by atoms with E-state index in [1.165, 1.54) is 0 Å². The zero-order valence-corrected chi connectivity index (χ0v) is 12.8. The van der Waals surface area contributed by atoms with E-state index in [1.807, 2.05) is 6.92 Å². The van der Waals surface area contributed by atoms with Gasteiger partial charge in [-0.25, -0.2) is 4.79 Å². The van der Waals surface area contributed by atoms with Crippen molar-refractivity contribution >= 4 is 28.0 Å². The lowest BCUT2D eigenvalue weighted by Gasteiger charge is -2.13. The Hall–Kier alpha value is -3.35. The van der Waals surface area contributed by atoms with E-state index in [4.69, 9.17) is 9.15 Å². The van der Waals surface area contributed by atoms with Crippen LogP contribution in [0.4, 0.5) is 17.1 Å². The van der Waals surface area contributed by atoms with Gasteiger partial charge in [-0.1, -0.05) is 24.3 Å². The van der Waals surface area contributed by atoms with Gasteiger partial charge >= 0.3 is 11.3 Å². The third-order valence-corrected chi connectivity index (χ3v) is 3.42. The third kappa shape index (κ3) is 2.79.